The molecular formula is C11H11IOS. The quantitative estimate of drug-likeness (QED) is 0.754. The van der Waals surface area contributed by atoms with Crippen LogP contribution in [0.5, 0.6) is 5.75 Å². The monoisotopic (exact) mass is 318 g/mol. The molecule has 3 heteroatoms. The predicted molar refractivity (Wildman–Crippen MR) is 70.4 cm³/mol. The van der Waals surface area contributed by atoms with Crippen LogP contribution in [-0.4, -0.2) is 6.61 Å². The summed E-state index contributed by atoms with van der Waals surface area (Å²) in [7, 11) is 0. The average molecular weight is 318 g/mol. The molecule has 0 spiro atoms. The Morgan fingerprint density at radius 2 is 2.21 bits per heavy atom. The molecule has 0 radical (unpaired) electrons. The Morgan fingerprint density at radius 1 is 1.43 bits per heavy atom. The lowest BCUT2D eigenvalue weighted by atomic mass is 10.2. The SMILES string of the molecule is CCOc1ccc2sc(C)c(I)c2c1. The predicted octanol–water partition coefficient (Wildman–Crippen LogP) is 4.21. The van der Waals surface area contributed by atoms with Gasteiger partial charge in [-0.2, -0.15) is 0 Å². The third kappa shape index (κ3) is 1.75. The first kappa shape index (κ1) is 10.2. The van der Waals surface area contributed by atoms with E-state index in [1.165, 1.54) is 18.5 Å². The molecule has 0 fully saturated rings. The smallest absolute Gasteiger partial charge is 0.120 e. The second-order valence-electron chi connectivity index (χ2n) is 3.06. The molecule has 1 heterocycles. The molecule has 0 saturated heterocycles. The summed E-state index contributed by atoms with van der Waals surface area (Å²) < 4.78 is 8.17. The maximum Gasteiger partial charge on any atom is 0.120 e. The molecule has 2 rings (SSSR count). The minimum atomic E-state index is 0.727. The second kappa shape index (κ2) is 4.06. The fraction of sp³-hybridized carbons (Fsp3) is 0.273. The number of ether oxygens (including phenoxy) is 1. The molecule has 0 N–H and O–H groups in total. The van der Waals surface area contributed by atoms with Crippen LogP contribution >= 0.6 is 33.9 Å². The number of aryl methyl sites for hydroxylation is 1. The lowest BCUT2D eigenvalue weighted by Gasteiger charge is -2.02. The Labute approximate surface area is 101 Å². The molecule has 0 aliphatic carbocycles. The van der Waals surface area contributed by atoms with Crippen LogP contribution in [0.4, 0.5) is 0 Å². The van der Waals surface area contributed by atoms with Crippen molar-refractivity contribution in [2.24, 2.45) is 0 Å². The minimum Gasteiger partial charge on any atom is -0.494 e. The highest BCUT2D eigenvalue weighted by molar-refractivity contribution is 14.1. The molecule has 0 bridgehead atoms. The summed E-state index contributed by atoms with van der Waals surface area (Å²) >= 11 is 4.24. The van der Waals surface area contributed by atoms with E-state index in [9.17, 15) is 0 Å². The van der Waals surface area contributed by atoms with Crippen molar-refractivity contribution in [3.05, 3.63) is 26.6 Å². The topological polar surface area (TPSA) is 9.23 Å². The van der Waals surface area contributed by atoms with Gasteiger partial charge in [-0.1, -0.05) is 0 Å². The summed E-state index contributed by atoms with van der Waals surface area (Å²) in [6.45, 7) is 4.89. The summed E-state index contributed by atoms with van der Waals surface area (Å²) in [6.07, 6.45) is 0. The van der Waals surface area contributed by atoms with Gasteiger partial charge in [0.1, 0.15) is 5.75 Å². The fourth-order valence-electron chi connectivity index (χ4n) is 1.43. The summed E-state index contributed by atoms with van der Waals surface area (Å²) in [5, 5.41) is 1.32. The number of halogens is 1. The van der Waals surface area contributed by atoms with Crippen molar-refractivity contribution in [1.82, 2.24) is 0 Å². The first-order valence-corrected chi connectivity index (χ1v) is 6.43. The summed E-state index contributed by atoms with van der Waals surface area (Å²) in [5.74, 6) is 0.968. The standard InChI is InChI=1S/C11H11IOS/c1-3-13-8-4-5-10-9(6-8)11(12)7(2)14-10/h4-6H,3H2,1-2H3. The van der Waals surface area contributed by atoms with Crippen LogP contribution in [-0.2, 0) is 0 Å². The Hall–Kier alpha value is -0.290. The molecule has 0 saturated carbocycles. The highest BCUT2D eigenvalue weighted by atomic mass is 127. The number of benzene rings is 1. The lowest BCUT2D eigenvalue weighted by molar-refractivity contribution is 0.341. The van der Waals surface area contributed by atoms with Gasteiger partial charge in [0.2, 0.25) is 0 Å². The number of rotatable bonds is 2. The molecular weight excluding hydrogens is 307 g/mol. The Balaban J connectivity index is 2.58. The normalized spacial score (nSPS) is 10.8. The van der Waals surface area contributed by atoms with Crippen LogP contribution in [0.3, 0.4) is 0 Å². The summed E-state index contributed by atoms with van der Waals surface area (Å²) in [5.41, 5.74) is 0. The zero-order valence-corrected chi connectivity index (χ0v) is 11.1. The van der Waals surface area contributed by atoms with Crippen molar-refractivity contribution in [3.63, 3.8) is 0 Å². The van der Waals surface area contributed by atoms with Gasteiger partial charge in [0.15, 0.2) is 0 Å². The van der Waals surface area contributed by atoms with Crippen molar-refractivity contribution >= 4 is 44.0 Å². The van der Waals surface area contributed by atoms with E-state index in [0.29, 0.717) is 0 Å². The van der Waals surface area contributed by atoms with Gasteiger partial charge in [-0.25, -0.2) is 0 Å². The van der Waals surface area contributed by atoms with Gasteiger partial charge in [-0.3, -0.25) is 0 Å². The molecule has 0 unspecified atom stereocenters. The zero-order chi connectivity index (χ0) is 10.1. The first-order chi connectivity index (χ1) is 6.72. The van der Waals surface area contributed by atoms with E-state index in [2.05, 4.69) is 41.6 Å². The zero-order valence-electron chi connectivity index (χ0n) is 8.13. The van der Waals surface area contributed by atoms with E-state index < -0.39 is 0 Å². The first-order valence-electron chi connectivity index (χ1n) is 4.54. The van der Waals surface area contributed by atoms with Crippen LogP contribution in [0.15, 0.2) is 18.2 Å². The van der Waals surface area contributed by atoms with Crippen molar-refractivity contribution in [2.75, 3.05) is 6.61 Å². The minimum absolute atomic E-state index is 0.727. The number of hydrogen-bond acceptors (Lipinski definition) is 2. The third-order valence-electron chi connectivity index (χ3n) is 2.07. The van der Waals surface area contributed by atoms with E-state index in [1.54, 1.807) is 0 Å². The summed E-state index contributed by atoms with van der Waals surface area (Å²) in [4.78, 5) is 1.38. The van der Waals surface area contributed by atoms with Gasteiger partial charge in [-0.05, 0) is 54.6 Å². The largest absolute Gasteiger partial charge is 0.494 e. The van der Waals surface area contributed by atoms with Crippen LogP contribution in [0.2, 0.25) is 0 Å². The van der Waals surface area contributed by atoms with Crippen LogP contribution in [0, 0.1) is 10.5 Å². The second-order valence-corrected chi connectivity index (χ2v) is 5.40. The van der Waals surface area contributed by atoms with Gasteiger partial charge >= 0.3 is 0 Å². The van der Waals surface area contributed by atoms with Crippen LogP contribution in [0.1, 0.15) is 11.8 Å². The van der Waals surface area contributed by atoms with Crippen LogP contribution in [0.25, 0.3) is 10.1 Å². The van der Waals surface area contributed by atoms with Gasteiger partial charge in [0, 0.05) is 18.5 Å². The van der Waals surface area contributed by atoms with E-state index in [1.807, 2.05) is 24.3 Å². The third-order valence-corrected chi connectivity index (χ3v) is 4.91. The molecule has 1 aromatic heterocycles. The molecule has 1 nitrogen and oxygen atoms in total. The van der Waals surface area contributed by atoms with Gasteiger partial charge in [-0.15, -0.1) is 11.3 Å². The molecule has 74 valence electrons. The van der Waals surface area contributed by atoms with Gasteiger partial charge in [0.25, 0.3) is 0 Å². The fourth-order valence-corrected chi connectivity index (χ4v) is 3.32. The highest BCUT2D eigenvalue weighted by Gasteiger charge is 2.06. The molecule has 14 heavy (non-hydrogen) atoms. The summed E-state index contributed by atoms with van der Waals surface area (Å²) in [6, 6.07) is 6.31. The van der Waals surface area contributed by atoms with Crippen LogP contribution < -0.4 is 4.74 Å². The molecule has 0 aliphatic heterocycles. The van der Waals surface area contributed by atoms with Gasteiger partial charge < -0.3 is 4.74 Å². The Bertz CT molecular complexity index is 462. The Morgan fingerprint density at radius 3 is 2.93 bits per heavy atom. The number of thiophene rings is 1. The van der Waals surface area contributed by atoms with E-state index in [4.69, 9.17) is 4.74 Å². The number of fused-ring (bicyclic) bond motifs is 1. The van der Waals surface area contributed by atoms with E-state index in [-0.39, 0.29) is 0 Å². The van der Waals surface area contributed by atoms with Crippen molar-refractivity contribution in [1.29, 1.82) is 0 Å². The Kier molecular flexibility index (Phi) is 2.97. The lowest BCUT2D eigenvalue weighted by Crippen LogP contribution is -1.90. The molecule has 2 aromatic rings. The highest BCUT2D eigenvalue weighted by Crippen LogP contribution is 2.34. The number of hydrogen-bond donors (Lipinski definition) is 0. The van der Waals surface area contributed by atoms with E-state index in [0.717, 1.165) is 12.4 Å². The van der Waals surface area contributed by atoms with Crippen molar-refractivity contribution < 1.29 is 4.74 Å². The molecule has 0 amide bonds. The van der Waals surface area contributed by atoms with Crippen molar-refractivity contribution in [2.45, 2.75) is 13.8 Å². The molecule has 0 atom stereocenters. The molecule has 0 aliphatic rings. The average Bonchev–Trinajstić information content (AvgIpc) is 2.45. The molecule has 1 aromatic carbocycles. The maximum atomic E-state index is 5.48. The van der Waals surface area contributed by atoms with Crippen molar-refractivity contribution in [3.8, 4) is 5.75 Å². The maximum absolute atomic E-state index is 5.48. The van der Waals surface area contributed by atoms with E-state index >= 15 is 0 Å². The van der Waals surface area contributed by atoms with Gasteiger partial charge in [0.05, 0.1) is 6.61 Å².